The summed E-state index contributed by atoms with van der Waals surface area (Å²) in [6, 6.07) is 6.33. The van der Waals surface area contributed by atoms with Gasteiger partial charge in [-0.15, -0.1) is 0 Å². The first-order valence-electron chi connectivity index (χ1n) is 6.97. The summed E-state index contributed by atoms with van der Waals surface area (Å²) >= 11 is 0. The van der Waals surface area contributed by atoms with Crippen LogP contribution in [0.1, 0.15) is 5.56 Å². The number of hydrogen-bond acceptors (Lipinski definition) is 5. The van der Waals surface area contributed by atoms with Gasteiger partial charge in [0.1, 0.15) is 16.9 Å². The minimum atomic E-state index is -4.66. The van der Waals surface area contributed by atoms with Gasteiger partial charge >= 0.3 is 6.18 Å². The van der Waals surface area contributed by atoms with Gasteiger partial charge in [0, 0.05) is 17.7 Å². The molecular weight excluding hydrogens is 341 g/mol. The number of halogens is 3. The largest absolute Gasteiger partial charge is 0.507 e. The number of phenols is 2. The number of aromatic hydroxyl groups is 2. The number of benzene rings is 2. The summed E-state index contributed by atoms with van der Waals surface area (Å²) in [7, 11) is 1.18. The molecular formula is C17H11F3O5. The van der Waals surface area contributed by atoms with Crippen molar-refractivity contribution >= 4 is 11.0 Å². The smallest absolute Gasteiger partial charge is 0.417 e. The van der Waals surface area contributed by atoms with Gasteiger partial charge in [-0.05, 0) is 6.07 Å². The summed E-state index contributed by atoms with van der Waals surface area (Å²) in [5.41, 5.74) is -2.46. The van der Waals surface area contributed by atoms with E-state index in [4.69, 9.17) is 9.15 Å². The second kappa shape index (κ2) is 5.73. The number of fused-ring (bicyclic) bond motifs is 1. The van der Waals surface area contributed by atoms with Crippen molar-refractivity contribution in [2.24, 2.45) is 0 Å². The van der Waals surface area contributed by atoms with Crippen LogP contribution < -0.4 is 10.2 Å². The maximum atomic E-state index is 13.2. The first-order valence-corrected chi connectivity index (χ1v) is 6.97. The quantitative estimate of drug-likeness (QED) is 0.731. The monoisotopic (exact) mass is 352 g/mol. The lowest BCUT2D eigenvalue weighted by atomic mass is 10.0. The van der Waals surface area contributed by atoms with Crippen molar-refractivity contribution in [1.82, 2.24) is 0 Å². The highest BCUT2D eigenvalue weighted by molar-refractivity contribution is 5.91. The van der Waals surface area contributed by atoms with E-state index in [0.717, 1.165) is 24.3 Å². The molecule has 0 unspecified atom stereocenters. The van der Waals surface area contributed by atoms with Gasteiger partial charge in [0.05, 0.1) is 12.7 Å². The van der Waals surface area contributed by atoms with Crippen molar-refractivity contribution in [3.05, 3.63) is 52.2 Å². The summed E-state index contributed by atoms with van der Waals surface area (Å²) in [6.45, 7) is 0. The van der Waals surface area contributed by atoms with E-state index < -0.39 is 28.7 Å². The lowest BCUT2D eigenvalue weighted by Crippen LogP contribution is -2.08. The molecule has 0 atom stereocenters. The Kier molecular flexibility index (Phi) is 3.82. The Morgan fingerprint density at radius 2 is 1.76 bits per heavy atom. The highest BCUT2D eigenvalue weighted by atomic mass is 19.4. The molecule has 0 radical (unpaired) electrons. The fourth-order valence-corrected chi connectivity index (χ4v) is 2.55. The summed E-state index contributed by atoms with van der Waals surface area (Å²) < 4.78 is 49.9. The van der Waals surface area contributed by atoms with Crippen LogP contribution in [-0.2, 0) is 6.18 Å². The molecule has 3 aromatic rings. The van der Waals surface area contributed by atoms with Crippen molar-refractivity contribution < 1.29 is 32.5 Å². The molecule has 0 spiro atoms. The van der Waals surface area contributed by atoms with E-state index in [2.05, 4.69) is 0 Å². The normalized spacial score (nSPS) is 11.7. The van der Waals surface area contributed by atoms with Crippen LogP contribution in [0.3, 0.4) is 0 Å². The molecule has 0 saturated carbocycles. The SMILES string of the molecule is COc1c(O)cc(O)c2c(=O)cc(-c3ccccc3C(F)(F)F)oc12. The molecule has 2 N–H and O–H groups in total. The highest BCUT2D eigenvalue weighted by Gasteiger charge is 2.34. The zero-order valence-corrected chi connectivity index (χ0v) is 12.7. The van der Waals surface area contributed by atoms with Crippen LogP contribution in [0.2, 0.25) is 0 Å². The van der Waals surface area contributed by atoms with E-state index in [1.165, 1.54) is 19.2 Å². The fourth-order valence-electron chi connectivity index (χ4n) is 2.55. The third-order valence-corrected chi connectivity index (χ3v) is 3.62. The van der Waals surface area contributed by atoms with Gasteiger partial charge < -0.3 is 19.4 Å². The molecule has 0 amide bonds. The second-order valence-corrected chi connectivity index (χ2v) is 5.17. The Labute approximate surface area is 138 Å². The zero-order valence-electron chi connectivity index (χ0n) is 12.7. The van der Waals surface area contributed by atoms with Crippen LogP contribution in [0.5, 0.6) is 17.2 Å². The van der Waals surface area contributed by atoms with Gasteiger partial charge in [-0.2, -0.15) is 13.2 Å². The molecule has 2 aromatic carbocycles. The zero-order chi connectivity index (χ0) is 18.4. The van der Waals surface area contributed by atoms with Gasteiger partial charge in [0.25, 0.3) is 0 Å². The van der Waals surface area contributed by atoms with Crippen molar-refractivity contribution in [3.63, 3.8) is 0 Å². The van der Waals surface area contributed by atoms with Crippen LogP contribution in [0, 0.1) is 0 Å². The predicted octanol–water partition coefficient (Wildman–Crippen LogP) is 3.90. The van der Waals surface area contributed by atoms with Gasteiger partial charge in [-0.3, -0.25) is 4.79 Å². The molecule has 0 aliphatic heterocycles. The van der Waals surface area contributed by atoms with Gasteiger partial charge in [0.2, 0.25) is 5.75 Å². The average molecular weight is 352 g/mol. The number of rotatable bonds is 2. The van der Waals surface area contributed by atoms with Crippen molar-refractivity contribution in [2.75, 3.05) is 7.11 Å². The lowest BCUT2D eigenvalue weighted by Gasteiger charge is -2.13. The van der Waals surface area contributed by atoms with Crippen LogP contribution in [0.25, 0.3) is 22.3 Å². The molecule has 1 heterocycles. The van der Waals surface area contributed by atoms with E-state index in [0.29, 0.717) is 0 Å². The summed E-state index contributed by atoms with van der Waals surface area (Å²) in [6.07, 6.45) is -4.66. The summed E-state index contributed by atoms with van der Waals surface area (Å²) in [5.74, 6) is -1.72. The third-order valence-electron chi connectivity index (χ3n) is 3.62. The molecule has 0 fully saturated rings. The van der Waals surface area contributed by atoms with Gasteiger partial charge in [0.15, 0.2) is 16.8 Å². The molecule has 5 nitrogen and oxygen atoms in total. The van der Waals surface area contributed by atoms with E-state index in [1.807, 2.05) is 0 Å². The minimum Gasteiger partial charge on any atom is -0.507 e. The van der Waals surface area contributed by atoms with E-state index in [9.17, 15) is 28.2 Å². The Bertz CT molecular complexity index is 1020. The number of ether oxygens (including phenoxy) is 1. The second-order valence-electron chi connectivity index (χ2n) is 5.17. The van der Waals surface area contributed by atoms with Crippen LogP contribution in [0.4, 0.5) is 13.2 Å². The molecule has 0 bridgehead atoms. The average Bonchev–Trinajstić information content (AvgIpc) is 2.53. The maximum absolute atomic E-state index is 13.2. The lowest BCUT2D eigenvalue weighted by molar-refractivity contribution is -0.137. The number of hydrogen-bond donors (Lipinski definition) is 2. The number of phenolic OH excluding ortho intramolecular Hbond substituents is 2. The molecule has 1 aromatic heterocycles. The molecule has 0 aliphatic rings. The number of alkyl halides is 3. The Morgan fingerprint density at radius 1 is 1.08 bits per heavy atom. The van der Waals surface area contributed by atoms with Crippen LogP contribution in [-0.4, -0.2) is 17.3 Å². The standard InChI is InChI=1S/C17H11F3O5/c1-24-15-12(23)6-10(21)14-11(22)7-13(25-16(14)15)8-4-2-3-5-9(8)17(18,19)20/h2-7,21,23H,1H3. The van der Waals surface area contributed by atoms with E-state index in [1.54, 1.807) is 0 Å². The van der Waals surface area contributed by atoms with Crippen LogP contribution >= 0.6 is 0 Å². The Balaban J connectivity index is 2.40. The van der Waals surface area contributed by atoms with E-state index in [-0.39, 0.29) is 28.0 Å². The Morgan fingerprint density at radius 3 is 2.40 bits per heavy atom. The predicted molar refractivity (Wildman–Crippen MR) is 82.8 cm³/mol. The van der Waals surface area contributed by atoms with Gasteiger partial charge in [-0.1, -0.05) is 18.2 Å². The topological polar surface area (TPSA) is 79.9 Å². The molecule has 3 rings (SSSR count). The molecule has 0 aliphatic carbocycles. The van der Waals surface area contributed by atoms with Crippen LogP contribution in [0.15, 0.2) is 45.6 Å². The highest BCUT2D eigenvalue weighted by Crippen LogP contribution is 2.42. The maximum Gasteiger partial charge on any atom is 0.417 e. The van der Waals surface area contributed by atoms with E-state index >= 15 is 0 Å². The van der Waals surface area contributed by atoms with Gasteiger partial charge in [-0.25, -0.2) is 0 Å². The number of methoxy groups -OCH3 is 1. The van der Waals surface area contributed by atoms with Crippen molar-refractivity contribution in [1.29, 1.82) is 0 Å². The van der Waals surface area contributed by atoms with Crippen molar-refractivity contribution in [2.45, 2.75) is 6.18 Å². The minimum absolute atomic E-state index is 0.267. The molecule has 130 valence electrons. The first kappa shape index (κ1) is 16.7. The molecule has 0 saturated heterocycles. The molecule has 8 heteroatoms. The third kappa shape index (κ3) is 2.75. The first-order chi connectivity index (χ1) is 11.7. The summed E-state index contributed by atoms with van der Waals surface area (Å²) in [5, 5.41) is 19.3. The fraction of sp³-hybridized carbons (Fsp3) is 0.118. The van der Waals surface area contributed by atoms with Crippen molar-refractivity contribution in [3.8, 4) is 28.6 Å². The summed E-state index contributed by atoms with van der Waals surface area (Å²) in [4.78, 5) is 12.3. The molecule has 25 heavy (non-hydrogen) atoms. The Hall–Kier alpha value is -3.16.